The van der Waals surface area contributed by atoms with E-state index in [1.807, 2.05) is 24.3 Å². The molecule has 0 aliphatic rings. The van der Waals surface area contributed by atoms with Crippen LogP contribution in [0.1, 0.15) is 5.69 Å². The molecule has 0 amide bonds. The van der Waals surface area contributed by atoms with Crippen LogP contribution in [0.15, 0.2) is 24.3 Å². The topological polar surface area (TPSA) is 57.4 Å². The van der Waals surface area contributed by atoms with Gasteiger partial charge in [0.05, 0.1) is 19.9 Å². The molecule has 0 atom stereocenters. The van der Waals surface area contributed by atoms with Gasteiger partial charge in [0.1, 0.15) is 5.75 Å². The number of pyridine rings is 1. The lowest BCUT2D eigenvalue weighted by Crippen LogP contribution is -2.01. The van der Waals surface area contributed by atoms with Crippen LogP contribution in [-0.2, 0) is 6.54 Å². The fraction of sp³-hybridized carbons (Fsp3) is 0.250. The highest BCUT2D eigenvalue weighted by Gasteiger charge is 2.06. The first-order valence-corrected chi connectivity index (χ1v) is 5.00. The van der Waals surface area contributed by atoms with Crippen LogP contribution < -0.4 is 15.2 Å². The van der Waals surface area contributed by atoms with Gasteiger partial charge in [0.25, 0.3) is 0 Å². The molecule has 2 aromatic rings. The fourth-order valence-electron chi connectivity index (χ4n) is 1.64. The molecule has 0 saturated heterocycles. The zero-order valence-electron chi connectivity index (χ0n) is 9.36. The van der Waals surface area contributed by atoms with Crippen molar-refractivity contribution in [3.05, 3.63) is 30.0 Å². The monoisotopic (exact) mass is 218 g/mol. The number of hydrogen-bond acceptors (Lipinski definition) is 4. The van der Waals surface area contributed by atoms with Crippen LogP contribution >= 0.6 is 0 Å². The number of aromatic nitrogens is 1. The summed E-state index contributed by atoms with van der Waals surface area (Å²) in [6, 6.07) is 7.73. The second-order valence-electron chi connectivity index (χ2n) is 3.41. The Hall–Kier alpha value is -1.81. The standard InChI is InChI=1S/C12H14N2O2/c1-15-10-4-3-8-5-9(7-13)14-12(16-2)11(8)6-10/h3-6H,7,13H2,1-2H3. The lowest BCUT2D eigenvalue weighted by molar-refractivity contribution is 0.400. The van der Waals surface area contributed by atoms with E-state index in [0.717, 1.165) is 22.2 Å². The van der Waals surface area contributed by atoms with Crippen LogP contribution in [0.3, 0.4) is 0 Å². The van der Waals surface area contributed by atoms with Crippen molar-refractivity contribution in [1.29, 1.82) is 0 Å². The van der Waals surface area contributed by atoms with Crippen LogP contribution in [0.25, 0.3) is 10.8 Å². The normalized spacial score (nSPS) is 10.4. The second kappa shape index (κ2) is 4.37. The molecule has 84 valence electrons. The largest absolute Gasteiger partial charge is 0.497 e. The molecule has 16 heavy (non-hydrogen) atoms. The Bertz CT molecular complexity index is 512. The minimum absolute atomic E-state index is 0.401. The lowest BCUT2D eigenvalue weighted by Gasteiger charge is -2.08. The average Bonchev–Trinajstić information content (AvgIpc) is 2.36. The smallest absolute Gasteiger partial charge is 0.221 e. The Morgan fingerprint density at radius 1 is 1.19 bits per heavy atom. The van der Waals surface area contributed by atoms with E-state index in [4.69, 9.17) is 15.2 Å². The van der Waals surface area contributed by atoms with Gasteiger partial charge < -0.3 is 15.2 Å². The molecule has 0 radical (unpaired) electrons. The van der Waals surface area contributed by atoms with E-state index in [1.54, 1.807) is 14.2 Å². The van der Waals surface area contributed by atoms with Crippen LogP contribution in [0.5, 0.6) is 11.6 Å². The Morgan fingerprint density at radius 3 is 2.62 bits per heavy atom. The number of fused-ring (bicyclic) bond motifs is 1. The number of ether oxygens (including phenoxy) is 2. The summed E-state index contributed by atoms with van der Waals surface area (Å²) in [6.45, 7) is 0.401. The first-order chi connectivity index (χ1) is 7.78. The summed E-state index contributed by atoms with van der Waals surface area (Å²) in [5.41, 5.74) is 6.39. The average molecular weight is 218 g/mol. The second-order valence-corrected chi connectivity index (χ2v) is 3.41. The van der Waals surface area contributed by atoms with Crippen molar-refractivity contribution in [3.63, 3.8) is 0 Å². The van der Waals surface area contributed by atoms with Gasteiger partial charge in [-0.15, -0.1) is 0 Å². The molecule has 0 aliphatic carbocycles. The number of methoxy groups -OCH3 is 2. The molecular formula is C12H14N2O2. The molecular weight excluding hydrogens is 204 g/mol. The zero-order chi connectivity index (χ0) is 11.5. The van der Waals surface area contributed by atoms with Gasteiger partial charge in [0.15, 0.2) is 0 Å². The van der Waals surface area contributed by atoms with Gasteiger partial charge in [0.2, 0.25) is 5.88 Å². The summed E-state index contributed by atoms with van der Waals surface area (Å²) in [5, 5.41) is 1.98. The molecule has 1 heterocycles. The third kappa shape index (κ3) is 1.79. The lowest BCUT2D eigenvalue weighted by atomic mass is 10.1. The summed E-state index contributed by atoms with van der Waals surface area (Å²) in [5.74, 6) is 1.37. The highest BCUT2D eigenvalue weighted by Crippen LogP contribution is 2.28. The van der Waals surface area contributed by atoms with E-state index in [-0.39, 0.29) is 0 Å². The summed E-state index contributed by atoms with van der Waals surface area (Å²) in [4.78, 5) is 4.31. The van der Waals surface area contributed by atoms with Crippen molar-refractivity contribution >= 4 is 10.8 Å². The van der Waals surface area contributed by atoms with Gasteiger partial charge in [-0.05, 0) is 23.6 Å². The van der Waals surface area contributed by atoms with Gasteiger partial charge in [-0.25, -0.2) is 4.98 Å². The SMILES string of the molecule is COc1ccc2cc(CN)nc(OC)c2c1. The molecule has 4 nitrogen and oxygen atoms in total. The van der Waals surface area contributed by atoms with Crippen molar-refractivity contribution in [1.82, 2.24) is 4.98 Å². The number of nitrogens with two attached hydrogens (primary N) is 1. The van der Waals surface area contributed by atoms with Gasteiger partial charge in [0, 0.05) is 11.9 Å². The summed E-state index contributed by atoms with van der Waals surface area (Å²) in [6.07, 6.45) is 0. The van der Waals surface area contributed by atoms with Crippen molar-refractivity contribution in [3.8, 4) is 11.6 Å². The molecule has 1 aromatic heterocycles. The van der Waals surface area contributed by atoms with Crippen LogP contribution in [0.2, 0.25) is 0 Å². The molecule has 0 unspecified atom stereocenters. The van der Waals surface area contributed by atoms with E-state index < -0.39 is 0 Å². The van der Waals surface area contributed by atoms with Crippen molar-refractivity contribution in [2.24, 2.45) is 5.73 Å². The maximum Gasteiger partial charge on any atom is 0.221 e. The van der Waals surface area contributed by atoms with Crippen molar-refractivity contribution < 1.29 is 9.47 Å². The molecule has 2 N–H and O–H groups in total. The molecule has 2 rings (SSSR count). The Balaban J connectivity index is 2.69. The molecule has 0 fully saturated rings. The van der Waals surface area contributed by atoms with Crippen LogP contribution in [-0.4, -0.2) is 19.2 Å². The van der Waals surface area contributed by atoms with Gasteiger partial charge in [-0.3, -0.25) is 0 Å². The molecule has 4 heteroatoms. The number of benzene rings is 1. The van der Waals surface area contributed by atoms with Crippen molar-refractivity contribution in [2.75, 3.05) is 14.2 Å². The molecule has 0 bridgehead atoms. The Kier molecular flexibility index (Phi) is 2.92. The van der Waals surface area contributed by atoms with Crippen LogP contribution in [0.4, 0.5) is 0 Å². The fourth-order valence-corrected chi connectivity index (χ4v) is 1.64. The third-order valence-corrected chi connectivity index (χ3v) is 2.46. The first kappa shape index (κ1) is 10.7. The van der Waals surface area contributed by atoms with Crippen LogP contribution in [0, 0.1) is 0 Å². The summed E-state index contributed by atoms with van der Waals surface area (Å²) >= 11 is 0. The quantitative estimate of drug-likeness (QED) is 0.852. The maximum atomic E-state index is 5.58. The van der Waals surface area contributed by atoms with Gasteiger partial charge in [-0.2, -0.15) is 0 Å². The molecule has 0 aliphatic heterocycles. The molecule has 1 aromatic carbocycles. The Morgan fingerprint density at radius 2 is 2.00 bits per heavy atom. The van der Waals surface area contributed by atoms with E-state index in [1.165, 1.54) is 0 Å². The maximum absolute atomic E-state index is 5.58. The number of nitrogens with zero attached hydrogens (tertiary/aromatic N) is 1. The Labute approximate surface area is 94.0 Å². The van der Waals surface area contributed by atoms with Gasteiger partial charge >= 0.3 is 0 Å². The summed E-state index contributed by atoms with van der Waals surface area (Å²) in [7, 11) is 3.23. The minimum Gasteiger partial charge on any atom is -0.497 e. The van der Waals surface area contributed by atoms with Crippen molar-refractivity contribution in [2.45, 2.75) is 6.54 Å². The predicted octanol–water partition coefficient (Wildman–Crippen LogP) is 1.71. The zero-order valence-corrected chi connectivity index (χ0v) is 9.36. The number of rotatable bonds is 3. The van der Waals surface area contributed by atoms with E-state index >= 15 is 0 Å². The highest BCUT2D eigenvalue weighted by molar-refractivity contribution is 5.88. The predicted molar refractivity (Wildman–Crippen MR) is 62.7 cm³/mol. The van der Waals surface area contributed by atoms with E-state index in [2.05, 4.69) is 4.98 Å². The molecule has 0 spiro atoms. The third-order valence-electron chi connectivity index (χ3n) is 2.46. The van der Waals surface area contributed by atoms with E-state index in [9.17, 15) is 0 Å². The summed E-state index contributed by atoms with van der Waals surface area (Å²) < 4.78 is 10.4. The van der Waals surface area contributed by atoms with Gasteiger partial charge in [-0.1, -0.05) is 6.07 Å². The first-order valence-electron chi connectivity index (χ1n) is 5.00. The highest BCUT2D eigenvalue weighted by atomic mass is 16.5. The minimum atomic E-state index is 0.401. The number of hydrogen-bond donors (Lipinski definition) is 1. The van der Waals surface area contributed by atoms with E-state index in [0.29, 0.717) is 12.4 Å². The molecule has 0 saturated carbocycles.